The highest BCUT2D eigenvalue weighted by molar-refractivity contribution is 6.06. The highest BCUT2D eigenvalue weighted by atomic mass is 16.5. The van der Waals surface area contributed by atoms with Gasteiger partial charge >= 0.3 is 0 Å². The van der Waals surface area contributed by atoms with Crippen molar-refractivity contribution in [2.45, 2.75) is 57.1 Å². The molecule has 3 aliphatic rings. The Labute approximate surface area is 172 Å². The molecule has 5 rings (SSSR count). The Morgan fingerprint density at radius 1 is 1.31 bits per heavy atom. The highest BCUT2D eigenvalue weighted by Crippen LogP contribution is 2.53. The lowest BCUT2D eigenvalue weighted by Crippen LogP contribution is -2.69. The molecule has 6 heteroatoms. The summed E-state index contributed by atoms with van der Waals surface area (Å²) in [5.74, 6) is 0.689. The van der Waals surface area contributed by atoms with Gasteiger partial charge in [0.1, 0.15) is 5.69 Å². The summed E-state index contributed by atoms with van der Waals surface area (Å²) < 4.78 is 5.48. The van der Waals surface area contributed by atoms with Gasteiger partial charge in [0, 0.05) is 49.8 Å². The van der Waals surface area contributed by atoms with E-state index in [0.29, 0.717) is 29.7 Å². The molecule has 156 valence electrons. The van der Waals surface area contributed by atoms with Crippen LogP contribution < -0.4 is 4.90 Å². The molecule has 1 saturated carbocycles. The Bertz CT molecular complexity index is 905. The van der Waals surface area contributed by atoms with Crippen LogP contribution in [0.15, 0.2) is 18.2 Å². The minimum Gasteiger partial charge on any atom is -0.380 e. The fourth-order valence-electron chi connectivity index (χ4n) is 5.77. The van der Waals surface area contributed by atoms with E-state index >= 15 is 0 Å². The third kappa shape index (κ3) is 3.08. The maximum Gasteiger partial charge on any atom is 0.184 e. The van der Waals surface area contributed by atoms with Crippen LogP contribution in [0.25, 0.3) is 10.9 Å². The fourth-order valence-corrected chi connectivity index (χ4v) is 5.77. The van der Waals surface area contributed by atoms with Crippen LogP contribution in [-0.4, -0.2) is 65.8 Å². The van der Waals surface area contributed by atoms with Gasteiger partial charge in [-0.25, -0.2) is 0 Å². The van der Waals surface area contributed by atoms with Gasteiger partial charge < -0.3 is 9.64 Å². The quantitative estimate of drug-likeness (QED) is 0.724. The molecule has 3 atom stereocenters. The Kier molecular flexibility index (Phi) is 4.87. The average molecular weight is 397 g/mol. The van der Waals surface area contributed by atoms with Crippen LogP contribution in [0.3, 0.4) is 0 Å². The van der Waals surface area contributed by atoms with Crippen LogP contribution in [0.5, 0.6) is 0 Å². The van der Waals surface area contributed by atoms with Crippen LogP contribution in [0.4, 0.5) is 5.69 Å². The first kappa shape index (κ1) is 19.1. The van der Waals surface area contributed by atoms with Gasteiger partial charge in [-0.2, -0.15) is 5.10 Å². The zero-order chi connectivity index (χ0) is 20.0. The molecule has 2 aromatic rings. The van der Waals surface area contributed by atoms with E-state index < -0.39 is 0 Å². The minimum atomic E-state index is 0.192. The number of ketones is 1. The van der Waals surface area contributed by atoms with Crippen molar-refractivity contribution < 1.29 is 9.53 Å². The van der Waals surface area contributed by atoms with Crippen molar-refractivity contribution in [3.8, 4) is 0 Å². The summed E-state index contributed by atoms with van der Waals surface area (Å²) in [7, 11) is 1.78. The molecule has 3 heterocycles. The van der Waals surface area contributed by atoms with Gasteiger partial charge in [0.15, 0.2) is 5.78 Å². The lowest BCUT2D eigenvalue weighted by atomic mass is 9.58. The number of hydrogen-bond donors (Lipinski definition) is 1. The number of carbonyl (C=O) groups excluding carboxylic acids is 1. The van der Waals surface area contributed by atoms with Crippen LogP contribution in [0.2, 0.25) is 0 Å². The Hall–Kier alpha value is -1.92. The SMILES string of the molecule is CCCN1CCC12CCC2CC(=O)c1n[nH]c2cc(N3CCC(OC)C3)ccc12. The van der Waals surface area contributed by atoms with E-state index in [9.17, 15) is 4.79 Å². The standard InChI is InChI=1S/C23H32N4O2/c1-3-10-27-12-9-23(27)8-6-16(23)13-21(28)22-19-5-4-17(14-20(19)24-25-22)26-11-7-18(15-26)29-2/h4-5,14,16,18H,3,6-13,15H2,1-2H3,(H,24,25). The molecule has 0 radical (unpaired) electrons. The predicted molar refractivity (Wildman–Crippen MR) is 115 cm³/mol. The molecule has 1 aromatic carbocycles. The molecule has 1 N–H and O–H groups in total. The van der Waals surface area contributed by atoms with E-state index in [1.54, 1.807) is 7.11 Å². The number of likely N-dealkylation sites (tertiary alicyclic amines) is 1. The van der Waals surface area contributed by atoms with Gasteiger partial charge in [0.25, 0.3) is 0 Å². The molecule has 6 nitrogen and oxygen atoms in total. The molecule has 2 saturated heterocycles. The molecule has 1 spiro atoms. The van der Waals surface area contributed by atoms with Crippen molar-refractivity contribution in [2.24, 2.45) is 5.92 Å². The first-order valence-corrected chi connectivity index (χ1v) is 11.2. The molecule has 0 amide bonds. The van der Waals surface area contributed by atoms with Crippen molar-refractivity contribution in [1.29, 1.82) is 0 Å². The highest BCUT2D eigenvalue weighted by Gasteiger charge is 2.55. The molecular formula is C23H32N4O2. The Morgan fingerprint density at radius 3 is 2.86 bits per heavy atom. The molecule has 1 aliphatic carbocycles. The topological polar surface area (TPSA) is 61.5 Å². The summed E-state index contributed by atoms with van der Waals surface area (Å²) in [5, 5.41) is 8.48. The number of ether oxygens (including phenoxy) is 1. The van der Waals surface area contributed by atoms with E-state index in [1.807, 2.05) is 0 Å². The number of H-pyrrole nitrogens is 1. The van der Waals surface area contributed by atoms with Gasteiger partial charge in [-0.1, -0.05) is 6.92 Å². The normalized spacial score (nSPS) is 29.4. The lowest BCUT2D eigenvalue weighted by Gasteiger charge is -2.63. The van der Waals surface area contributed by atoms with E-state index in [-0.39, 0.29) is 5.78 Å². The van der Waals surface area contributed by atoms with Crippen molar-refractivity contribution in [1.82, 2.24) is 15.1 Å². The first-order chi connectivity index (χ1) is 14.1. The Balaban J connectivity index is 1.30. The molecule has 3 unspecified atom stereocenters. The molecule has 29 heavy (non-hydrogen) atoms. The summed E-state index contributed by atoms with van der Waals surface area (Å²) in [6, 6.07) is 6.30. The number of anilines is 1. The maximum absolute atomic E-state index is 13.1. The molecule has 0 bridgehead atoms. The maximum atomic E-state index is 13.1. The van der Waals surface area contributed by atoms with Gasteiger partial charge in [-0.15, -0.1) is 0 Å². The van der Waals surface area contributed by atoms with Gasteiger partial charge in [0.2, 0.25) is 0 Å². The Morgan fingerprint density at radius 2 is 2.21 bits per heavy atom. The average Bonchev–Trinajstić information content (AvgIpc) is 3.34. The number of aromatic amines is 1. The minimum absolute atomic E-state index is 0.192. The van der Waals surface area contributed by atoms with Crippen molar-refractivity contribution in [3.63, 3.8) is 0 Å². The van der Waals surface area contributed by atoms with Crippen molar-refractivity contribution in [2.75, 3.05) is 38.2 Å². The molecule has 2 aliphatic heterocycles. The zero-order valence-corrected chi connectivity index (χ0v) is 17.6. The number of nitrogens with one attached hydrogen (secondary N) is 1. The van der Waals surface area contributed by atoms with Crippen LogP contribution in [-0.2, 0) is 4.74 Å². The molecule has 1 aromatic heterocycles. The number of benzene rings is 1. The van der Waals surface area contributed by atoms with Crippen LogP contribution in [0, 0.1) is 5.92 Å². The fraction of sp³-hybridized carbons (Fsp3) is 0.652. The van der Waals surface area contributed by atoms with Gasteiger partial charge in [0.05, 0.1) is 11.6 Å². The van der Waals surface area contributed by atoms with E-state index in [1.165, 1.54) is 44.5 Å². The smallest absolute Gasteiger partial charge is 0.184 e. The zero-order valence-electron chi connectivity index (χ0n) is 17.6. The number of Topliss-reactive ketones (excluding diaryl/α,β-unsaturated/α-hetero) is 1. The monoisotopic (exact) mass is 396 g/mol. The lowest BCUT2D eigenvalue weighted by molar-refractivity contribution is -0.121. The van der Waals surface area contributed by atoms with E-state index in [2.05, 4.69) is 45.1 Å². The molecule has 3 fully saturated rings. The molecular weight excluding hydrogens is 364 g/mol. The first-order valence-electron chi connectivity index (χ1n) is 11.2. The number of methoxy groups -OCH3 is 1. The summed E-state index contributed by atoms with van der Waals surface area (Å²) in [6.45, 7) is 6.53. The van der Waals surface area contributed by atoms with Crippen LogP contribution >= 0.6 is 0 Å². The second-order valence-corrected chi connectivity index (χ2v) is 9.10. The largest absolute Gasteiger partial charge is 0.380 e. The third-order valence-electron chi connectivity index (χ3n) is 7.71. The number of nitrogens with zero attached hydrogens (tertiary/aromatic N) is 3. The second kappa shape index (κ2) is 7.40. The van der Waals surface area contributed by atoms with Crippen molar-refractivity contribution in [3.05, 3.63) is 23.9 Å². The van der Waals surface area contributed by atoms with E-state index in [4.69, 9.17) is 4.74 Å². The second-order valence-electron chi connectivity index (χ2n) is 9.10. The van der Waals surface area contributed by atoms with Gasteiger partial charge in [-0.05, 0) is 62.8 Å². The van der Waals surface area contributed by atoms with E-state index in [0.717, 1.165) is 30.4 Å². The number of carbonyl (C=O) groups is 1. The third-order valence-corrected chi connectivity index (χ3v) is 7.71. The van der Waals surface area contributed by atoms with Crippen molar-refractivity contribution >= 4 is 22.4 Å². The number of rotatable bonds is 7. The van der Waals surface area contributed by atoms with Gasteiger partial charge in [-0.3, -0.25) is 14.8 Å². The predicted octanol–water partition coefficient (Wildman–Crippen LogP) is 3.63. The summed E-state index contributed by atoms with van der Waals surface area (Å²) in [5.41, 5.74) is 3.05. The number of aromatic nitrogens is 2. The van der Waals surface area contributed by atoms with Crippen LogP contribution in [0.1, 0.15) is 55.9 Å². The number of hydrogen-bond acceptors (Lipinski definition) is 5. The number of fused-ring (bicyclic) bond motifs is 1. The summed E-state index contributed by atoms with van der Waals surface area (Å²) in [4.78, 5) is 18.1. The summed E-state index contributed by atoms with van der Waals surface area (Å²) >= 11 is 0. The summed E-state index contributed by atoms with van der Waals surface area (Å²) in [6.07, 6.45) is 6.87.